The molecule has 0 bridgehead atoms. The van der Waals surface area contributed by atoms with Crippen LogP contribution in [0.3, 0.4) is 0 Å². The summed E-state index contributed by atoms with van der Waals surface area (Å²) in [5.41, 5.74) is 0. The molecular weight excluding hydrogens is 234 g/mol. The first kappa shape index (κ1) is 15.2. The maximum atomic E-state index is 11.1. The zero-order valence-corrected chi connectivity index (χ0v) is 10.1. The normalized spacial score (nSPS) is 19.2. The molecule has 0 aromatic heterocycles. The first-order valence-corrected chi connectivity index (χ1v) is 5.80. The molecule has 2 N–H and O–H groups in total. The van der Waals surface area contributed by atoms with Crippen LogP contribution in [0, 0.1) is 5.92 Å². The summed E-state index contributed by atoms with van der Waals surface area (Å²) in [5.74, 6) is -1.23. The van der Waals surface area contributed by atoms with Gasteiger partial charge in [-0.25, -0.2) is 0 Å². The highest BCUT2D eigenvalue weighted by Gasteiger charge is 2.21. The van der Waals surface area contributed by atoms with Crippen molar-refractivity contribution in [2.45, 2.75) is 19.8 Å². The molecule has 1 atom stereocenters. The number of aliphatic carboxylic acids is 1. The second kappa shape index (κ2) is 9.42. The number of alkyl halides is 1. The quantitative estimate of drug-likeness (QED) is 0.575. The molecule has 0 aromatic carbocycles. The highest BCUT2D eigenvalue weighted by Crippen LogP contribution is 2.11. The van der Waals surface area contributed by atoms with Crippen molar-refractivity contribution in [3.63, 3.8) is 0 Å². The average Bonchev–Trinajstić information content (AvgIpc) is 2.31. The van der Waals surface area contributed by atoms with E-state index in [-0.39, 0.29) is 17.8 Å². The molecule has 1 fully saturated rings. The third kappa shape index (κ3) is 7.48. The van der Waals surface area contributed by atoms with Crippen LogP contribution in [-0.2, 0) is 14.3 Å². The largest absolute Gasteiger partial charge is 0.480 e. The summed E-state index contributed by atoms with van der Waals surface area (Å²) in [7, 11) is 0. The molecule has 5 nitrogen and oxygen atoms in total. The summed E-state index contributed by atoms with van der Waals surface area (Å²) in [5, 5.41) is 10.8. The third-order valence-corrected chi connectivity index (χ3v) is 2.26. The van der Waals surface area contributed by atoms with E-state index in [4.69, 9.17) is 21.4 Å². The van der Waals surface area contributed by atoms with Crippen molar-refractivity contribution in [2.75, 3.05) is 25.6 Å². The molecule has 1 aliphatic heterocycles. The Morgan fingerprint density at radius 3 is 2.56 bits per heavy atom. The Labute approximate surface area is 100 Å². The number of esters is 1. The summed E-state index contributed by atoms with van der Waals surface area (Å²) >= 11 is 4.74. The fraction of sp³-hybridized carbons (Fsp3) is 0.800. The summed E-state index contributed by atoms with van der Waals surface area (Å²) in [6.07, 6.45) is 2.06. The first-order valence-electron chi connectivity index (χ1n) is 5.26. The first-order chi connectivity index (χ1) is 7.61. The van der Waals surface area contributed by atoms with Crippen molar-refractivity contribution in [2.24, 2.45) is 5.92 Å². The molecule has 6 heteroatoms. The van der Waals surface area contributed by atoms with E-state index in [1.807, 2.05) is 6.92 Å². The lowest BCUT2D eigenvalue weighted by molar-refractivity contribution is -0.148. The van der Waals surface area contributed by atoms with E-state index in [1.54, 1.807) is 0 Å². The number of carboxylic acid groups (broad SMARTS) is 1. The number of rotatable bonds is 3. The standard InChI is InChI=1S/C8H15NO2.C2H3ClO2/c1-2-11-8(10)7-4-3-5-9-6-7;3-1-2(4)5/h7,9H,2-6H2,1H3;1H2,(H,4,5). The molecule has 0 aromatic rings. The monoisotopic (exact) mass is 251 g/mol. The Bertz CT molecular complexity index is 217. The van der Waals surface area contributed by atoms with Gasteiger partial charge in [0, 0.05) is 6.54 Å². The van der Waals surface area contributed by atoms with E-state index in [0.29, 0.717) is 6.61 Å². The Hall–Kier alpha value is -0.810. The summed E-state index contributed by atoms with van der Waals surface area (Å²) < 4.78 is 4.90. The summed E-state index contributed by atoms with van der Waals surface area (Å²) in [6.45, 7) is 4.16. The molecule has 0 aliphatic carbocycles. The second-order valence-corrected chi connectivity index (χ2v) is 3.59. The Morgan fingerprint density at radius 2 is 2.19 bits per heavy atom. The zero-order valence-electron chi connectivity index (χ0n) is 9.37. The number of piperidine rings is 1. The minimum Gasteiger partial charge on any atom is -0.480 e. The molecule has 1 aliphatic rings. The van der Waals surface area contributed by atoms with Crippen LogP contribution in [0.5, 0.6) is 0 Å². The second-order valence-electron chi connectivity index (χ2n) is 3.32. The maximum absolute atomic E-state index is 11.1. The van der Waals surface area contributed by atoms with Crippen LogP contribution < -0.4 is 5.32 Å². The van der Waals surface area contributed by atoms with Gasteiger partial charge in [0.05, 0.1) is 12.5 Å². The summed E-state index contributed by atoms with van der Waals surface area (Å²) in [6, 6.07) is 0. The van der Waals surface area contributed by atoms with Gasteiger partial charge in [0.25, 0.3) is 0 Å². The third-order valence-electron chi connectivity index (χ3n) is 2.03. The molecule has 0 amide bonds. The van der Waals surface area contributed by atoms with Gasteiger partial charge in [-0.3, -0.25) is 9.59 Å². The molecule has 1 unspecified atom stereocenters. The van der Waals surface area contributed by atoms with Gasteiger partial charge in [0.15, 0.2) is 0 Å². The molecule has 0 saturated carbocycles. The van der Waals surface area contributed by atoms with Crippen LogP contribution in [0.1, 0.15) is 19.8 Å². The minimum absolute atomic E-state index is 0.0419. The number of hydrogen-bond acceptors (Lipinski definition) is 4. The molecule has 1 heterocycles. The lowest BCUT2D eigenvalue weighted by atomic mass is 10.0. The fourth-order valence-electron chi connectivity index (χ4n) is 1.31. The maximum Gasteiger partial charge on any atom is 0.318 e. The average molecular weight is 252 g/mol. The molecule has 16 heavy (non-hydrogen) atoms. The number of carbonyl (C=O) groups excluding carboxylic acids is 1. The van der Waals surface area contributed by atoms with Crippen molar-refractivity contribution in [3.8, 4) is 0 Å². The molecule has 0 radical (unpaired) electrons. The van der Waals surface area contributed by atoms with E-state index >= 15 is 0 Å². The minimum atomic E-state index is -0.980. The predicted molar refractivity (Wildman–Crippen MR) is 60.6 cm³/mol. The van der Waals surface area contributed by atoms with E-state index in [0.717, 1.165) is 25.9 Å². The molecule has 0 spiro atoms. The zero-order chi connectivity index (χ0) is 12.4. The van der Waals surface area contributed by atoms with Crippen LogP contribution in [0.4, 0.5) is 0 Å². The Balaban J connectivity index is 0.000000385. The highest BCUT2D eigenvalue weighted by atomic mass is 35.5. The topological polar surface area (TPSA) is 75.6 Å². The fourth-order valence-corrected chi connectivity index (χ4v) is 1.31. The van der Waals surface area contributed by atoms with Gasteiger partial charge in [-0.2, -0.15) is 0 Å². The van der Waals surface area contributed by atoms with Crippen LogP contribution in [0.2, 0.25) is 0 Å². The Kier molecular flexibility index (Phi) is 8.94. The van der Waals surface area contributed by atoms with Crippen LogP contribution in [0.25, 0.3) is 0 Å². The van der Waals surface area contributed by atoms with E-state index < -0.39 is 5.97 Å². The van der Waals surface area contributed by atoms with E-state index in [9.17, 15) is 9.59 Å². The van der Waals surface area contributed by atoms with E-state index in [1.165, 1.54) is 0 Å². The van der Waals surface area contributed by atoms with Gasteiger partial charge in [-0.05, 0) is 26.3 Å². The van der Waals surface area contributed by atoms with Gasteiger partial charge in [-0.1, -0.05) is 0 Å². The van der Waals surface area contributed by atoms with Gasteiger partial charge in [-0.15, -0.1) is 11.6 Å². The van der Waals surface area contributed by atoms with Crippen molar-refractivity contribution in [1.29, 1.82) is 0 Å². The lowest BCUT2D eigenvalue weighted by Crippen LogP contribution is -2.35. The van der Waals surface area contributed by atoms with Crippen molar-refractivity contribution in [3.05, 3.63) is 0 Å². The van der Waals surface area contributed by atoms with Crippen molar-refractivity contribution < 1.29 is 19.4 Å². The Morgan fingerprint density at radius 1 is 1.56 bits per heavy atom. The van der Waals surface area contributed by atoms with Gasteiger partial charge >= 0.3 is 11.9 Å². The number of nitrogens with one attached hydrogen (secondary N) is 1. The molecule has 1 saturated heterocycles. The SMILES string of the molecule is CCOC(=O)C1CCCNC1.O=C(O)CCl. The summed E-state index contributed by atoms with van der Waals surface area (Å²) in [4.78, 5) is 20.4. The van der Waals surface area contributed by atoms with Crippen LogP contribution in [-0.4, -0.2) is 42.6 Å². The van der Waals surface area contributed by atoms with Gasteiger partial charge in [0.1, 0.15) is 5.88 Å². The number of ether oxygens (including phenoxy) is 1. The van der Waals surface area contributed by atoms with Crippen LogP contribution in [0.15, 0.2) is 0 Å². The molecule has 94 valence electrons. The van der Waals surface area contributed by atoms with Crippen molar-refractivity contribution in [1.82, 2.24) is 5.32 Å². The van der Waals surface area contributed by atoms with Crippen LogP contribution >= 0.6 is 11.6 Å². The van der Waals surface area contributed by atoms with Gasteiger partial charge < -0.3 is 15.2 Å². The number of halogens is 1. The molecule has 1 rings (SSSR count). The van der Waals surface area contributed by atoms with E-state index in [2.05, 4.69) is 5.32 Å². The number of carbonyl (C=O) groups is 2. The smallest absolute Gasteiger partial charge is 0.318 e. The number of carboxylic acids is 1. The van der Waals surface area contributed by atoms with Gasteiger partial charge in [0.2, 0.25) is 0 Å². The highest BCUT2D eigenvalue weighted by molar-refractivity contribution is 6.26. The van der Waals surface area contributed by atoms with Crippen molar-refractivity contribution >= 4 is 23.5 Å². The number of hydrogen-bond donors (Lipinski definition) is 2. The predicted octanol–water partition coefficient (Wildman–Crippen LogP) is 0.859. The molecular formula is C10H18ClNO4. The lowest BCUT2D eigenvalue weighted by Gasteiger charge is -2.20.